The van der Waals surface area contributed by atoms with E-state index in [1.807, 2.05) is 0 Å². The van der Waals surface area contributed by atoms with Crippen LogP contribution in [-0.4, -0.2) is 9.97 Å². The van der Waals surface area contributed by atoms with Crippen LogP contribution in [-0.2, 0) is 6.18 Å². The maximum absolute atomic E-state index is 13.2. The Labute approximate surface area is 150 Å². The van der Waals surface area contributed by atoms with Gasteiger partial charge in [-0.2, -0.15) is 18.2 Å². The molecule has 0 aliphatic carbocycles. The van der Waals surface area contributed by atoms with Gasteiger partial charge in [0.15, 0.2) is 0 Å². The minimum Gasteiger partial charge on any atom is -0.340 e. The Morgan fingerprint density at radius 3 is 2.12 bits per heavy atom. The molecule has 0 aliphatic rings. The normalized spacial score (nSPS) is 11.2. The molecule has 0 radical (unpaired) electrons. The van der Waals surface area contributed by atoms with Gasteiger partial charge in [-0.1, -0.05) is 34.1 Å². The molecule has 0 atom stereocenters. The van der Waals surface area contributed by atoms with Crippen LogP contribution in [0.1, 0.15) is 5.56 Å². The zero-order valence-electron chi connectivity index (χ0n) is 12.7. The number of anilines is 4. The van der Waals surface area contributed by atoms with Gasteiger partial charge in [0, 0.05) is 22.0 Å². The fourth-order valence-electron chi connectivity index (χ4n) is 2.07. The third-order valence-corrected chi connectivity index (χ3v) is 3.76. The molecule has 25 heavy (non-hydrogen) atoms. The Morgan fingerprint density at radius 2 is 1.48 bits per heavy atom. The molecular weight excluding hydrogens is 397 g/mol. The summed E-state index contributed by atoms with van der Waals surface area (Å²) < 4.78 is 40.5. The lowest BCUT2D eigenvalue weighted by atomic mass is 10.2. The molecule has 0 bridgehead atoms. The molecule has 0 fully saturated rings. The van der Waals surface area contributed by atoms with Crippen molar-refractivity contribution in [3.63, 3.8) is 0 Å². The first-order valence-corrected chi connectivity index (χ1v) is 8.00. The van der Waals surface area contributed by atoms with Crippen molar-refractivity contribution in [1.29, 1.82) is 0 Å². The summed E-state index contributed by atoms with van der Waals surface area (Å²) >= 11 is 3.32. The quantitative estimate of drug-likeness (QED) is 0.577. The molecule has 1 heterocycles. The highest BCUT2D eigenvalue weighted by atomic mass is 79.9. The summed E-state index contributed by atoms with van der Waals surface area (Å²) in [5.74, 6) is -0.248. The van der Waals surface area contributed by atoms with Crippen molar-refractivity contribution >= 4 is 39.1 Å². The van der Waals surface area contributed by atoms with E-state index in [0.29, 0.717) is 11.4 Å². The van der Waals surface area contributed by atoms with Gasteiger partial charge in [-0.3, -0.25) is 0 Å². The number of hydrogen-bond acceptors (Lipinski definition) is 4. The zero-order chi connectivity index (χ0) is 17.9. The van der Waals surface area contributed by atoms with E-state index >= 15 is 0 Å². The average molecular weight is 409 g/mol. The molecule has 0 unspecified atom stereocenters. The van der Waals surface area contributed by atoms with E-state index in [9.17, 15) is 13.2 Å². The van der Waals surface area contributed by atoms with Gasteiger partial charge in [0.25, 0.3) is 0 Å². The van der Waals surface area contributed by atoms with Gasteiger partial charge >= 0.3 is 6.18 Å². The lowest BCUT2D eigenvalue weighted by Crippen LogP contribution is -2.12. The average Bonchev–Trinajstić information content (AvgIpc) is 2.57. The second-order valence-corrected chi connectivity index (χ2v) is 5.99. The Kier molecular flexibility index (Phi) is 4.89. The molecule has 4 nitrogen and oxygen atoms in total. The molecule has 1 aromatic heterocycles. The van der Waals surface area contributed by atoms with Gasteiger partial charge in [0.1, 0.15) is 11.4 Å². The molecule has 2 N–H and O–H groups in total. The van der Waals surface area contributed by atoms with Gasteiger partial charge < -0.3 is 10.6 Å². The van der Waals surface area contributed by atoms with Gasteiger partial charge in [-0.15, -0.1) is 0 Å². The molecule has 0 saturated carbocycles. The minimum absolute atomic E-state index is 0.0637. The molecule has 0 aliphatic heterocycles. The molecular formula is C17H12BrF3N4. The number of para-hydroxylation sites is 1. The number of nitrogens with zero attached hydrogens (tertiary/aromatic N) is 2. The Morgan fingerprint density at radius 1 is 0.840 bits per heavy atom. The van der Waals surface area contributed by atoms with E-state index in [2.05, 4.69) is 36.5 Å². The van der Waals surface area contributed by atoms with Gasteiger partial charge in [-0.05, 0) is 36.4 Å². The molecule has 0 saturated heterocycles. The van der Waals surface area contributed by atoms with Crippen LogP contribution in [0.4, 0.5) is 36.3 Å². The van der Waals surface area contributed by atoms with Crippen molar-refractivity contribution in [2.45, 2.75) is 6.18 Å². The topological polar surface area (TPSA) is 49.8 Å². The smallest absolute Gasteiger partial charge is 0.340 e. The second kappa shape index (κ2) is 7.10. The number of benzene rings is 2. The Hall–Kier alpha value is -2.61. The zero-order valence-corrected chi connectivity index (χ0v) is 14.3. The van der Waals surface area contributed by atoms with E-state index in [1.54, 1.807) is 54.6 Å². The van der Waals surface area contributed by atoms with Crippen molar-refractivity contribution in [1.82, 2.24) is 9.97 Å². The monoisotopic (exact) mass is 408 g/mol. The first-order chi connectivity index (χ1) is 11.9. The predicted molar refractivity (Wildman–Crippen MR) is 94.2 cm³/mol. The fraction of sp³-hybridized carbons (Fsp3) is 0.0588. The highest BCUT2D eigenvalue weighted by molar-refractivity contribution is 9.10. The molecule has 2 aromatic carbocycles. The molecule has 128 valence electrons. The summed E-state index contributed by atoms with van der Waals surface area (Å²) in [6, 6.07) is 15.6. The van der Waals surface area contributed by atoms with E-state index in [1.165, 1.54) is 0 Å². The van der Waals surface area contributed by atoms with E-state index in [4.69, 9.17) is 0 Å². The van der Waals surface area contributed by atoms with E-state index in [-0.39, 0.29) is 11.8 Å². The van der Waals surface area contributed by atoms with Crippen molar-refractivity contribution < 1.29 is 13.2 Å². The summed E-state index contributed by atoms with van der Waals surface area (Å²) in [6.07, 6.45) is -3.80. The van der Waals surface area contributed by atoms with Crippen LogP contribution in [0.15, 0.2) is 65.3 Å². The maximum Gasteiger partial charge on any atom is 0.421 e. The summed E-state index contributed by atoms with van der Waals surface area (Å²) in [5.41, 5.74) is 0.229. The first-order valence-electron chi connectivity index (χ1n) is 7.21. The third kappa shape index (κ3) is 4.48. The summed E-state index contributed by atoms with van der Waals surface area (Å²) in [7, 11) is 0. The SMILES string of the molecule is FC(F)(F)c1cnc(Nc2ccc(Br)cc2)nc1Nc1ccccc1. The molecule has 3 aromatic rings. The van der Waals surface area contributed by atoms with Crippen LogP contribution >= 0.6 is 15.9 Å². The third-order valence-electron chi connectivity index (χ3n) is 3.23. The molecule has 0 spiro atoms. The van der Waals surface area contributed by atoms with Crippen molar-refractivity contribution in [3.8, 4) is 0 Å². The number of halogens is 4. The predicted octanol–water partition coefficient (Wildman–Crippen LogP) is 5.75. The molecule has 3 rings (SSSR count). The first kappa shape index (κ1) is 17.2. The highest BCUT2D eigenvalue weighted by Gasteiger charge is 2.35. The Bertz CT molecular complexity index is 852. The standard InChI is InChI=1S/C17H12BrF3N4/c18-11-6-8-13(9-7-11)24-16-22-10-14(17(19,20)21)15(25-16)23-12-4-2-1-3-5-12/h1-10H,(H2,22,23,24,25). The van der Waals surface area contributed by atoms with Gasteiger partial charge in [-0.25, -0.2) is 4.98 Å². The molecule has 8 heteroatoms. The van der Waals surface area contributed by atoms with E-state index < -0.39 is 11.7 Å². The summed E-state index contributed by atoms with van der Waals surface area (Å²) in [5, 5.41) is 5.58. The Balaban J connectivity index is 1.93. The summed E-state index contributed by atoms with van der Waals surface area (Å²) in [4.78, 5) is 7.76. The van der Waals surface area contributed by atoms with Gasteiger partial charge in [0.05, 0.1) is 0 Å². The van der Waals surface area contributed by atoms with Crippen LogP contribution in [0.25, 0.3) is 0 Å². The molecule has 0 amide bonds. The minimum atomic E-state index is -4.56. The lowest BCUT2D eigenvalue weighted by Gasteiger charge is -2.15. The van der Waals surface area contributed by atoms with Crippen LogP contribution in [0.2, 0.25) is 0 Å². The van der Waals surface area contributed by atoms with Crippen molar-refractivity contribution in [3.05, 3.63) is 70.8 Å². The number of rotatable bonds is 4. The lowest BCUT2D eigenvalue weighted by molar-refractivity contribution is -0.137. The van der Waals surface area contributed by atoms with Crippen LogP contribution < -0.4 is 10.6 Å². The number of nitrogens with one attached hydrogen (secondary N) is 2. The van der Waals surface area contributed by atoms with Gasteiger partial charge in [0.2, 0.25) is 5.95 Å². The number of aromatic nitrogens is 2. The second-order valence-electron chi connectivity index (χ2n) is 5.08. The number of hydrogen-bond donors (Lipinski definition) is 2. The maximum atomic E-state index is 13.2. The highest BCUT2D eigenvalue weighted by Crippen LogP contribution is 2.35. The van der Waals surface area contributed by atoms with Crippen molar-refractivity contribution in [2.75, 3.05) is 10.6 Å². The largest absolute Gasteiger partial charge is 0.421 e. The number of alkyl halides is 3. The van der Waals surface area contributed by atoms with Crippen LogP contribution in [0.3, 0.4) is 0 Å². The fourth-order valence-corrected chi connectivity index (χ4v) is 2.33. The van der Waals surface area contributed by atoms with Crippen molar-refractivity contribution in [2.24, 2.45) is 0 Å². The summed E-state index contributed by atoms with van der Waals surface area (Å²) in [6.45, 7) is 0. The van der Waals surface area contributed by atoms with E-state index in [0.717, 1.165) is 10.7 Å². The van der Waals surface area contributed by atoms with Crippen LogP contribution in [0, 0.1) is 0 Å². The van der Waals surface area contributed by atoms with Crippen LogP contribution in [0.5, 0.6) is 0 Å².